The van der Waals surface area contributed by atoms with Gasteiger partial charge in [-0.3, -0.25) is 4.79 Å². The van der Waals surface area contributed by atoms with Crippen LogP contribution in [0.15, 0.2) is 12.1 Å². The fraction of sp³-hybridized carbons (Fsp3) is 0.417. The Hall–Kier alpha value is -1.03. The summed E-state index contributed by atoms with van der Waals surface area (Å²) < 4.78 is 13.3. The molecule has 88 valence electrons. The fourth-order valence-electron chi connectivity index (χ4n) is 1.53. The maximum atomic E-state index is 13.3. The molecular weight excluding hydrogens is 225 g/mol. The number of thiol groups is 1. The lowest BCUT2D eigenvalue weighted by Gasteiger charge is -2.08. The van der Waals surface area contributed by atoms with Crippen LogP contribution in [0.25, 0.3) is 0 Å². The molecule has 1 rings (SSSR count). The molecule has 1 amide bonds. The summed E-state index contributed by atoms with van der Waals surface area (Å²) in [4.78, 5) is 11.2. The van der Waals surface area contributed by atoms with Gasteiger partial charge >= 0.3 is 0 Å². The van der Waals surface area contributed by atoms with Crippen LogP contribution < -0.4 is 5.32 Å². The van der Waals surface area contributed by atoms with Crippen LogP contribution in [0.5, 0.6) is 0 Å². The molecular formula is C12H16FNOS. The Morgan fingerprint density at radius 3 is 2.44 bits per heavy atom. The van der Waals surface area contributed by atoms with Crippen molar-refractivity contribution < 1.29 is 9.18 Å². The van der Waals surface area contributed by atoms with Crippen molar-refractivity contribution in [3.05, 3.63) is 34.6 Å². The summed E-state index contributed by atoms with van der Waals surface area (Å²) in [6, 6.07) is 3.51. The SMILES string of the molecule is Cc1cc(CNC(=O)CCS)cc(C)c1F. The van der Waals surface area contributed by atoms with E-state index in [-0.39, 0.29) is 11.7 Å². The quantitative estimate of drug-likeness (QED) is 0.779. The first-order valence-electron chi connectivity index (χ1n) is 5.17. The molecule has 1 aromatic carbocycles. The largest absolute Gasteiger partial charge is 0.352 e. The highest BCUT2D eigenvalue weighted by atomic mass is 32.1. The van der Waals surface area contributed by atoms with Gasteiger partial charge in [0.2, 0.25) is 5.91 Å². The molecule has 0 fully saturated rings. The zero-order chi connectivity index (χ0) is 12.1. The molecule has 0 spiro atoms. The number of hydrogen-bond acceptors (Lipinski definition) is 2. The summed E-state index contributed by atoms with van der Waals surface area (Å²) in [6.45, 7) is 3.89. The third-order valence-corrected chi connectivity index (χ3v) is 2.55. The lowest BCUT2D eigenvalue weighted by molar-refractivity contribution is -0.120. The van der Waals surface area contributed by atoms with Crippen molar-refractivity contribution in [3.63, 3.8) is 0 Å². The van der Waals surface area contributed by atoms with Crippen LogP contribution in [0.3, 0.4) is 0 Å². The third-order valence-electron chi connectivity index (χ3n) is 2.32. The number of carbonyl (C=O) groups is 1. The van der Waals surface area contributed by atoms with Crippen molar-refractivity contribution in [3.8, 4) is 0 Å². The van der Waals surface area contributed by atoms with Crippen molar-refractivity contribution in [2.45, 2.75) is 26.8 Å². The molecule has 2 nitrogen and oxygen atoms in total. The molecule has 16 heavy (non-hydrogen) atoms. The van der Waals surface area contributed by atoms with Crippen LogP contribution in [-0.4, -0.2) is 11.7 Å². The third kappa shape index (κ3) is 3.52. The Morgan fingerprint density at radius 1 is 1.38 bits per heavy atom. The molecule has 0 radical (unpaired) electrons. The van der Waals surface area contributed by atoms with Crippen LogP contribution in [0.2, 0.25) is 0 Å². The Morgan fingerprint density at radius 2 is 1.94 bits per heavy atom. The van der Waals surface area contributed by atoms with Gasteiger partial charge in [0.25, 0.3) is 0 Å². The van der Waals surface area contributed by atoms with E-state index in [1.165, 1.54) is 0 Å². The summed E-state index contributed by atoms with van der Waals surface area (Å²) in [5.74, 6) is 0.327. The van der Waals surface area contributed by atoms with Crippen LogP contribution in [0.4, 0.5) is 4.39 Å². The van der Waals surface area contributed by atoms with E-state index in [1.807, 2.05) is 0 Å². The minimum Gasteiger partial charge on any atom is -0.352 e. The first-order chi connectivity index (χ1) is 7.54. The predicted molar refractivity (Wildman–Crippen MR) is 66.2 cm³/mol. The molecule has 0 heterocycles. The van der Waals surface area contributed by atoms with Crippen LogP contribution >= 0.6 is 12.6 Å². The summed E-state index contributed by atoms with van der Waals surface area (Å²) in [5, 5.41) is 2.76. The highest BCUT2D eigenvalue weighted by Gasteiger charge is 2.05. The predicted octanol–water partition coefficient (Wildman–Crippen LogP) is 2.38. The summed E-state index contributed by atoms with van der Waals surface area (Å²) >= 11 is 3.98. The number of rotatable bonds is 4. The highest BCUT2D eigenvalue weighted by Crippen LogP contribution is 2.14. The lowest BCUT2D eigenvalue weighted by atomic mass is 10.1. The minimum absolute atomic E-state index is 0.0327. The topological polar surface area (TPSA) is 29.1 Å². The first kappa shape index (κ1) is 13.0. The fourth-order valence-corrected chi connectivity index (χ4v) is 1.73. The van der Waals surface area contributed by atoms with Gasteiger partial charge in [0.15, 0.2) is 0 Å². The number of hydrogen-bond donors (Lipinski definition) is 2. The van der Waals surface area contributed by atoms with Gasteiger partial charge in [0, 0.05) is 13.0 Å². The standard InChI is InChI=1S/C12H16FNOS/c1-8-5-10(6-9(2)12(8)13)7-14-11(15)3-4-16/h5-6,16H,3-4,7H2,1-2H3,(H,14,15). The van der Waals surface area contributed by atoms with Gasteiger partial charge < -0.3 is 5.32 Å². The normalized spacial score (nSPS) is 10.2. The van der Waals surface area contributed by atoms with Gasteiger partial charge in [-0.15, -0.1) is 0 Å². The molecule has 0 atom stereocenters. The molecule has 0 saturated heterocycles. The van der Waals surface area contributed by atoms with E-state index in [2.05, 4.69) is 17.9 Å². The van der Waals surface area contributed by atoms with Gasteiger partial charge in [-0.1, -0.05) is 12.1 Å². The zero-order valence-corrected chi connectivity index (χ0v) is 10.4. The van der Waals surface area contributed by atoms with E-state index < -0.39 is 0 Å². The average molecular weight is 241 g/mol. The first-order valence-corrected chi connectivity index (χ1v) is 5.81. The average Bonchev–Trinajstić information content (AvgIpc) is 2.23. The Bertz CT molecular complexity index is 370. The van der Waals surface area contributed by atoms with E-state index in [4.69, 9.17) is 0 Å². The smallest absolute Gasteiger partial charge is 0.221 e. The van der Waals surface area contributed by atoms with Gasteiger partial charge in [-0.2, -0.15) is 12.6 Å². The minimum atomic E-state index is -0.176. The maximum Gasteiger partial charge on any atom is 0.221 e. The summed E-state index contributed by atoms with van der Waals surface area (Å²) in [7, 11) is 0. The number of nitrogens with one attached hydrogen (secondary N) is 1. The number of aryl methyl sites for hydroxylation is 2. The van der Waals surface area contributed by atoms with Gasteiger partial charge in [0.1, 0.15) is 5.82 Å². The van der Waals surface area contributed by atoms with Gasteiger partial charge in [-0.05, 0) is 36.3 Å². The maximum absolute atomic E-state index is 13.3. The number of carbonyl (C=O) groups excluding carboxylic acids is 1. The lowest BCUT2D eigenvalue weighted by Crippen LogP contribution is -2.22. The highest BCUT2D eigenvalue weighted by molar-refractivity contribution is 7.80. The molecule has 0 aliphatic rings. The molecule has 0 bridgehead atoms. The van der Waals surface area contributed by atoms with Crippen molar-refractivity contribution in [1.82, 2.24) is 5.32 Å². The van der Waals surface area contributed by atoms with Crippen LogP contribution in [-0.2, 0) is 11.3 Å². The monoisotopic (exact) mass is 241 g/mol. The molecule has 1 aromatic rings. The van der Waals surface area contributed by atoms with Crippen LogP contribution in [0, 0.1) is 19.7 Å². The molecule has 0 aromatic heterocycles. The van der Waals surface area contributed by atoms with Crippen molar-refractivity contribution in [2.24, 2.45) is 0 Å². The molecule has 1 N–H and O–H groups in total. The molecule has 0 aliphatic carbocycles. The second-order valence-corrected chi connectivity index (χ2v) is 4.24. The Balaban J connectivity index is 2.65. The van der Waals surface area contributed by atoms with Crippen LogP contribution in [0.1, 0.15) is 23.1 Å². The molecule has 0 saturated carbocycles. The second-order valence-electron chi connectivity index (χ2n) is 3.79. The van der Waals surface area contributed by atoms with Crippen molar-refractivity contribution in [2.75, 3.05) is 5.75 Å². The zero-order valence-electron chi connectivity index (χ0n) is 9.51. The van der Waals surface area contributed by atoms with Gasteiger partial charge in [-0.25, -0.2) is 4.39 Å². The Kier molecular flexibility index (Phi) is 4.80. The number of halogens is 1. The van der Waals surface area contributed by atoms with E-state index in [1.54, 1.807) is 26.0 Å². The van der Waals surface area contributed by atoms with Crippen molar-refractivity contribution in [1.29, 1.82) is 0 Å². The Labute approximate surface area is 101 Å². The number of benzene rings is 1. The summed E-state index contributed by atoms with van der Waals surface area (Å²) in [5.41, 5.74) is 2.14. The summed E-state index contributed by atoms with van der Waals surface area (Å²) in [6.07, 6.45) is 0.405. The molecule has 0 unspecified atom stereocenters. The van der Waals surface area contributed by atoms with E-state index in [9.17, 15) is 9.18 Å². The van der Waals surface area contributed by atoms with Crippen molar-refractivity contribution >= 4 is 18.5 Å². The molecule has 4 heteroatoms. The second kappa shape index (κ2) is 5.89. The molecule has 0 aliphatic heterocycles. The van der Waals surface area contributed by atoms with E-state index >= 15 is 0 Å². The number of amides is 1. The van der Waals surface area contributed by atoms with Gasteiger partial charge in [0.05, 0.1) is 0 Å². The van der Waals surface area contributed by atoms with E-state index in [0.717, 1.165) is 5.56 Å². The van der Waals surface area contributed by atoms with E-state index in [0.29, 0.717) is 29.8 Å².